The smallest absolute Gasteiger partial charge is 0.136 e. The minimum absolute atomic E-state index is 0.900. The molecule has 0 N–H and O–H groups in total. The molecule has 67 heavy (non-hydrogen) atoms. The van der Waals surface area contributed by atoms with Crippen LogP contribution in [0.1, 0.15) is 0 Å². The van der Waals surface area contributed by atoms with Crippen LogP contribution in [-0.4, -0.2) is 0 Å². The van der Waals surface area contributed by atoms with E-state index in [0.717, 1.165) is 50.1 Å². The van der Waals surface area contributed by atoms with Gasteiger partial charge in [-0.05, 0) is 133 Å². The van der Waals surface area contributed by atoms with Gasteiger partial charge in [0, 0.05) is 48.0 Å². The molecule has 314 valence electrons. The summed E-state index contributed by atoms with van der Waals surface area (Å²) in [6, 6.07) is 90.1. The Morgan fingerprint density at radius 3 is 1.51 bits per heavy atom. The number of benzene rings is 11. The van der Waals surface area contributed by atoms with Gasteiger partial charge in [-0.2, -0.15) is 0 Å². The third-order valence-corrected chi connectivity index (χ3v) is 14.5. The predicted octanol–water partition coefficient (Wildman–Crippen LogP) is 18.9. The molecular formula is C64H41NOS. The molecule has 0 aliphatic heterocycles. The van der Waals surface area contributed by atoms with Gasteiger partial charge in [0.25, 0.3) is 0 Å². The SMILES string of the molecule is c1cc(-c2ccc(-c3ccc(N(c4ccc(-c5cccc6c5sc5ccccc56)cc4)c4ccc(-c5cccc6oc7ccccc7c56)cc4)cc3)cc2)cc(-c2ccc3ccccc3c2)c1. The van der Waals surface area contributed by atoms with Crippen LogP contribution in [0, 0.1) is 0 Å². The summed E-state index contributed by atoms with van der Waals surface area (Å²) in [5.74, 6) is 0. The van der Waals surface area contributed by atoms with Gasteiger partial charge in [0.05, 0.1) is 0 Å². The van der Waals surface area contributed by atoms with Gasteiger partial charge in [0.15, 0.2) is 0 Å². The average Bonchev–Trinajstić information content (AvgIpc) is 3.98. The monoisotopic (exact) mass is 871 g/mol. The van der Waals surface area contributed by atoms with Crippen molar-refractivity contribution >= 4 is 81.3 Å². The standard InChI is InChI=1S/C64H41NOS/c1-2-11-48-41-51(27-26-42(48)10-1)50-13-7-12-49(40-50)45-24-22-43(23-25-45)44-28-34-52(35-29-44)65(53-36-30-46(31-37-53)55-16-9-20-61-63(55)59-15-3-5-19-60(59)66-61)54-38-32-47(33-39-54)56-17-8-18-58-57-14-4-6-21-62(57)67-64(56)58/h1-41H. The first-order valence-corrected chi connectivity index (χ1v) is 23.6. The van der Waals surface area contributed by atoms with Crippen molar-refractivity contribution in [3.8, 4) is 55.6 Å². The molecule has 2 heterocycles. The van der Waals surface area contributed by atoms with Gasteiger partial charge >= 0.3 is 0 Å². The molecule has 3 heteroatoms. The molecular weight excluding hydrogens is 831 g/mol. The molecule has 0 bridgehead atoms. The van der Waals surface area contributed by atoms with Crippen molar-refractivity contribution < 1.29 is 4.42 Å². The second-order valence-electron chi connectivity index (χ2n) is 17.3. The fourth-order valence-electron chi connectivity index (χ4n) is 9.92. The summed E-state index contributed by atoms with van der Waals surface area (Å²) in [5, 5.41) is 7.41. The lowest BCUT2D eigenvalue weighted by molar-refractivity contribution is 0.669. The number of anilines is 3. The average molecular weight is 872 g/mol. The molecule has 0 atom stereocenters. The Balaban J connectivity index is 0.838. The molecule has 13 aromatic rings. The van der Waals surface area contributed by atoms with Gasteiger partial charge in [-0.1, -0.05) is 182 Å². The Hall–Kier alpha value is -8.50. The van der Waals surface area contributed by atoms with Crippen molar-refractivity contribution in [3.63, 3.8) is 0 Å². The molecule has 0 amide bonds. The van der Waals surface area contributed by atoms with Gasteiger partial charge in [0.1, 0.15) is 11.2 Å². The lowest BCUT2D eigenvalue weighted by Crippen LogP contribution is -2.09. The highest BCUT2D eigenvalue weighted by Gasteiger charge is 2.17. The molecule has 0 fully saturated rings. The summed E-state index contributed by atoms with van der Waals surface area (Å²) in [6.45, 7) is 0. The number of thiophene rings is 1. The number of nitrogens with zero attached hydrogens (tertiary/aromatic N) is 1. The third kappa shape index (κ3) is 6.96. The highest BCUT2D eigenvalue weighted by atomic mass is 32.1. The molecule has 0 saturated heterocycles. The van der Waals surface area contributed by atoms with Crippen LogP contribution in [0.25, 0.3) is 109 Å². The minimum Gasteiger partial charge on any atom is -0.456 e. The van der Waals surface area contributed by atoms with Crippen molar-refractivity contribution in [2.24, 2.45) is 0 Å². The predicted molar refractivity (Wildman–Crippen MR) is 286 cm³/mol. The Morgan fingerprint density at radius 2 is 0.776 bits per heavy atom. The normalized spacial score (nSPS) is 11.6. The fraction of sp³-hybridized carbons (Fsp3) is 0. The van der Waals surface area contributed by atoms with E-state index in [4.69, 9.17) is 4.42 Å². The van der Waals surface area contributed by atoms with Crippen molar-refractivity contribution in [1.29, 1.82) is 0 Å². The third-order valence-electron chi connectivity index (χ3n) is 13.3. The van der Waals surface area contributed by atoms with Gasteiger partial charge in [-0.3, -0.25) is 0 Å². The highest BCUT2D eigenvalue weighted by molar-refractivity contribution is 7.26. The summed E-state index contributed by atoms with van der Waals surface area (Å²) in [7, 11) is 0. The van der Waals surface area contributed by atoms with Gasteiger partial charge in [-0.15, -0.1) is 11.3 Å². The van der Waals surface area contributed by atoms with Crippen LogP contribution in [0.4, 0.5) is 17.1 Å². The molecule has 0 radical (unpaired) electrons. The minimum atomic E-state index is 0.900. The first kappa shape index (κ1) is 38.9. The maximum Gasteiger partial charge on any atom is 0.136 e. The highest BCUT2D eigenvalue weighted by Crippen LogP contribution is 2.43. The first-order valence-electron chi connectivity index (χ1n) is 22.8. The molecule has 0 aliphatic rings. The lowest BCUT2D eigenvalue weighted by Gasteiger charge is -2.26. The maximum absolute atomic E-state index is 6.26. The molecule has 0 spiro atoms. The molecule has 0 aliphatic carbocycles. The Morgan fingerprint density at radius 1 is 0.299 bits per heavy atom. The van der Waals surface area contributed by atoms with Gasteiger partial charge < -0.3 is 9.32 Å². The van der Waals surface area contributed by atoms with E-state index in [0.29, 0.717) is 0 Å². The van der Waals surface area contributed by atoms with E-state index in [-0.39, 0.29) is 0 Å². The number of hydrogen-bond acceptors (Lipinski definition) is 3. The fourth-order valence-corrected chi connectivity index (χ4v) is 11.2. The van der Waals surface area contributed by atoms with E-state index in [1.807, 2.05) is 23.5 Å². The van der Waals surface area contributed by atoms with Gasteiger partial charge in [0.2, 0.25) is 0 Å². The molecule has 2 aromatic heterocycles. The number of para-hydroxylation sites is 1. The summed E-state index contributed by atoms with van der Waals surface area (Å²) in [5.41, 5.74) is 17.0. The van der Waals surface area contributed by atoms with Crippen LogP contribution in [0.2, 0.25) is 0 Å². The Bertz CT molecular complexity index is 3950. The van der Waals surface area contributed by atoms with Crippen LogP contribution in [0.3, 0.4) is 0 Å². The van der Waals surface area contributed by atoms with Gasteiger partial charge in [-0.25, -0.2) is 0 Å². The lowest BCUT2D eigenvalue weighted by atomic mass is 9.96. The molecule has 11 aromatic carbocycles. The molecule has 13 rings (SSSR count). The number of furan rings is 1. The van der Waals surface area contributed by atoms with E-state index in [2.05, 4.69) is 241 Å². The number of rotatable bonds is 8. The van der Waals surface area contributed by atoms with Crippen molar-refractivity contribution in [1.82, 2.24) is 0 Å². The summed E-state index contributed by atoms with van der Waals surface area (Å²) in [4.78, 5) is 2.36. The maximum atomic E-state index is 6.26. The topological polar surface area (TPSA) is 16.4 Å². The van der Waals surface area contributed by atoms with Crippen LogP contribution in [0.15, 0.2) is 253 Å². The van der Waals surface area contributed by atoms with E-state index < -0.39 is 0 Å². The van der Waals surface area contributed by atoms with E-state index in [1.54, 1.807) is 0 Å². The first-order chi connectivity index (χ1) is 33.2. The van der Waals surface area contributed by atoms with Crippen LogP contribution in [-0.2, 0) is 0 Å². The summed E-state index contributed by atoms with van der Waals surface area (Å²) >= 11 is 1.87. The Labute approximate surface area is 392 Å². The van der Waals surface area contributed by atoms with Crippen LogP contribution < -0.4 is 4.90 Å². The second kappa shape index (κ2) is 16.2. The van der Waals surface area contributed by atoms with Crippen LogP contribution in [0.5, 0.6) is 0 Å². The van der Waals surface area contributed by atoms with Crippen molar-refractivity contribution in [2.75, 3.05) is 4.90 Å². The number of hydrogen-bond donors (Lipinski definition) is 0. The quantitative estimate of drug-likeness (QED) is 0.151. The van der Waals surface area contributed by atoms with E-state index in [1.165, 1.54) is 75.5 Å². The molecule has 2 nitrogen and oxygen atoms in total. The molecule has 0 saturated carbocycles. The van der Waals surface area contributed by atoms with E-state index in [9.17, 15) is 0 Å². The van der Waals surface area contributed by atoms with Crippen LogP contribution >= 0.6 is 11.3 Å². The largest absolute Gasteiger partial charge is 0.456 e. The summed E-state index contributed by atoms with van der Waals surface area (Å²) in [6.07, 6.45) is 0. The van der Waals surface area contributed by atoms with E-state index >= 15 is 0 Å². The van der Waals surface area contributed by atoms with Crippen molar-refractivity contribution in [2.45, 2.75) is 0 Å². The zero-order chi connectivity index (χ0) is 44.3. The molecule has 0 unspecified atom stereocenters. The summed E-state index contributed by atoms with van der Waals surface area (Å²) < 4.78 is 8.90. The Kier molecular flexibility index (Phi) is 9.40. The second-order valence-corrected chi connectivity index (χ2v) is 18.3. The van der Waals surface area contributed by atoms with Crippen molar-refractivity contribution in [3.05, 3.63) is 249 Å². The zero-order valence-corrected chi connectivity index (χ0v) is 37.3. The number of fused-ring (bicyclic) bond motifs is 7. The zero-order valence-electron chi connectivity index (χ0n) is 36.4.